The summed E-state index contributed by atoms with van der Waals surface area (Å²) < 4.78 is 59.5. The van der Waals surface area contributed by atoms with Gasteiger partial charge in [0.2, 0.25) is 10.0 Å². The van der Waals surface area contributed by atoms with E-state index >= 15 is 0 Å². The molecule has 0 spiro atoms. The summed E-state index contributed by atoms with van der Waals surface area (Å²) in [5.41, 5.74) is 2.62. The Labute approximate surface area is 162 Å². The zero-order chi connectivity index (χ0) is 20.0. The van der Waals surface area contributed by atoms with Crippen LogP contribution >= 0.6 is 0 Å². The average Bonchev–Trinajstić information content (AvgIpc) is 2.69. The summed E-state index contributed by atoms with van der Waals surface area (Å²) in [5.74, 6) is -1.82. The van der Waals surface area contributed by atoms with E-state index in [9.17, 15) is 17.2 Å². The summed E-state index contributed by atoms with van der Waals surface area (Å²) in [6.07, 6.45) is 0. The molecule has 0 aliphatic carbocycles. The third kappa shape index (κ3) is 5.45. The van der Waals surface area contributed by atoms with Crippen LogP contribution in [0.15, 0.2) is 77.7 Å². The number of hydrogen-bond acceptors (Lipinski definition) is 3. The van der Waals surface area contributed by atoms with Crippen LogP contribution in [0.2, 0.25) is 0 Å². The molecule has 0 saturated carbocycles. The summed E-state index contributed by atoms with van der Waals surface area (Å²) in [6.45, 7) is 0.787. The van der Waals surface area contributed by atoms with Crippen LogP contribution in [0.4, 0.5) is 8.78 Å². The molecule has 0 heterocycles. The molecule has 3 aromatic rings. The van der Waals surface area contributed by atoms with Crippen molar-refractivity contribution in [3.8, 4) is 0 Å². The molecule has 146 valence electrons. The molecule has 0 atom stereocenters. The quantitative estimate of drug-likeness (QED) is 0.615. The van der Waals surface area contributed by atoms with Crippen molar-refractivity contribution in [2.45, 2.75) is 24.7 Å². The summed E-state index contributed by atoms with van der Waals surface area (Å²) in [6, 6.07) is 19.3. The van der Waals surface area contributed by atoms with Crippen LogP contribution in [0.3, 0.4) is 0 Å². The van der Waals surface area contributed by atoms with Gasteiger partial charge in [-0.3, -0.25) is 0 Å². The van der Waals surface area contributed by atoms with E-state index in [1.807, 2.05) is 36.4 Å². The Morgan fingerprint density at radius 1 is 0.786 bits per heavy atom. The van der Waals surface area contributed by atoms with Crippen molar-refractivity contribution in [1.29, 1.82) is 0 Å². The van der Waals surface area contributed by atoms with Crippen molar-refractivity contribution in [2.24, 2.45) is 0 Å². The number of hydrogen-bond donors (Lipinski definition) is 1. The lowest BCUT2D eigenvalue weighted by Gasteiger charge is -2.10. The third-order valence-corrected chi connectivity index (χ3v) is 5.44. The molecule has 28 heavy (non-hydrogen) atoms. The Hall–Kier alpha value is -2.61. The van der Waals surface area contributed by atoms with E-state index in [-0.39, 0.29) is 6.54 Å². The lowest BCUT2D eigenvalue weighted by atomic mass is 10.1. The van der Waals surface area contributed by atoms with Crippen LogP contribution in [0.5, 0.6) is 0 Å². The van der Waals surface area contributed by atoms with E-state index in [0.717, 1.165) is 23.3 Å². The highest BCUT2D eigenvalue weighted by Gasteiger charge is 2.19. The number of benzene rings is 3. The van der Waals surface area contributed by atoms with Crippen LogP contribution in [0, 0.1) is 11.6 Å². The summed E-state index contributed by atoms with van der Waals surface area (Å²) in [5, 5.41) is 0. The third-order valence-electron chi connectivity index (χ3n) is 4.02. The van der Waals surface area contributed by atoms with Gasteiger partial charge in [-0.1, -0.05) is 54.6 Å². The predicted molar refractivity (Wildman–Crippen MR) is 102 cm³/mol. The molecular formula is C21H19F2NO3S. The molecule has 3 aromatic carbocycles. The zero-order valence-corrected chi connectivity index (χ0v) is 15.8. The molecular weight excluding hydrogens is 384 g/mol. The molecule has 7 heteroatoms. The minimum Gasteiger partial charge on any atom is -0.372 e. The average molecular weight is 403 g/mol. The van der Waals surface area contributed by atoms with Gasteiger partial charge in [0.15, 0.2) is 0 Å². The Kier molecular flexibility index (Phi) is 6.51. The van der Waals surface area contributed by atoms with Gasteiger partial charge in [0.1, 0.15) is 16.5 Å². The van der Waals surface area contributed by atoms with Crippen LogP contribution < -0.4 is 4.72 Å². The molecule has 0 aliphatic rings. The van der Waals surface area contributed by atoms with Crippen molar-refractivity contribution in [3.63, 3.8) is 0 Å². The highest BCUT2D eigenvalue weighted by molar-refractivity contribution is 7.89. The molecule has 0 amide bonds. The molecule has 0 aromatic heterocycles. The van der Waals surface area contributed by atoms with Gasteiger partial charge in [-0.15, -0.1) is 0 Å². The summed E-state index contributed by atoms with van der Waals surface area (Å²) >= 11 is 0. The normalized spacial score (nSPS) is 11.5. The van der Waals surface area contributed by atoms with E-state index in [4.69, 9.17) is 4.74 Å². The number of halogens is 2. The highest BCUT2D eigenvalue weighted by atomic mass is 32.2. The fourth-order valence-electron chi connectivity index (χ4n) is 2.63. The number of nitrogens with one attached hydrogen (secondary N) is 1. The van der Waals surface area contributed by atoms with Gasteiger partial charge < -0.3 is 4.74 Å². The Balaban J connectivity index is 1.60. The Bertz CT molecular complexity index is 1040. The van der Waals surface area contributed by atoms with E-state index in [1.165, 1.54) is 0 Å². The molecule has 0 fully saturated rings. The van der Waals surface area contributed by atoms with Crippen LogP contribution in [-0.4, -0.2) is 8.42 Å². The van der Waals surface area contributed by atoms with Gasteiger partial charge in [0, 0.05) is 6.54 Å². The van der Waals surface area contributed by atoms with E-state index < -0.39 is 26.6 Å². The van der Waals surface area contributed by atoms with Gasteiger partial charge in [0.05, 0.1) is 13.2 Å². The van der Waals surface area contributed by atoms with Gasteiger partial charge in [-0.05, 0) is 34.9 Å². The fourth-order valence-corrected chi connectivity index (χ4v) is 3.73. The fraction of sp³-hybridized carbons (Fsp3) is 0.143. The van der Waals surface area contributed by atoms with Crippen molar-refractivity contribution in [2.75, 3.05) is 0 Å². The monoisotopic (exact) mass is 403 g/mol. The van der Waals surface area contributed by atoms with Crippen molar-refractivity contribution < 1.29 is 21.9 Å². The first kappa shape index (κ1) is 20.1. The molecule has 0 saturated heterocycles. The maximum Gasteiger partial charge on any atom is 0.243 e. The number of ether oxygens (including phenoxy) is 1. The maximum atomic E-state index is 13.7. The van der Waals surface area contributed by atoms with Gasteiger partial charge in [-0.2, -0.15) is 0 Å². The molecule has 0 radical (unpaired) electrons. The zero-order valence-electron chi connectivity index (χ0n) is 14.9. The van der Waals surface area contributed by atoms with E-state index in [0.29, 0.717) is 24.8 Å². The molecule has 1 N–H and O–H groups in total. The topological polar surface area (TPSA) is 55.4 Å². The number of rotatable bonds is 8. The van der Waals surface area contributed by atoms with Crippen molar-refractivity contribution in [3.05, 3.63) is 101 Å². The standard InChI is InChI=1S/C21H19F2NO3S/c22-19-9-10-20(23)21(12-19)28(25,26)24-13-17-7-4-8-18(11-17)15-27-14-16-5-2-1-3-6-16/h1-12,24H,13-15H2. The van der Waals surface area contributed by atoms with E-state index in [1.54, 1.807) is 18.2 Å². The minimum atomic E-state index is -4.17. The predicted octanol–water partition coefficient (Wildman–Crippen LogP) is 4.16. The smallest absolute Gasteiger partial charge is 0.243 e. The minimum absolute atomic E-state index is 0.0508. The maximum absolute atomic E-state index is 13.7. The second-order valence-electron chi connectivity index (χ2n) is 6.20. The van der Waals surface area contributed by atoms with Crippen LogP contribution in [0.25, 0.3) is 0 Å². The van der Waals surface area contributed by atoms with Crippen LogP contribution in [0.1, 0.15) is 16.7 Å². The first-order valence-corrected chi connectivity index (χ1v) is 10.1. The van der Waals surface area contributed by atoms with Gasteiger partial charge in [0.25, 0.3) is 0 Å². The number of sulfonamides is 1. The second-order valence-corrected chi connectivity index (χ2v) is 7.93. The van der Waals surface area contributed by atoms with Crippen molar-refractivity contribution >= 4 is 10.0 Å². The summed E-state index contributed by atoms with van der Waals surface area (Å²) in [4.78, 5) is -0.713. The molecule has 4 nitrogen and oxygen atoms in total. The van der Waals surface area contributed by atoms with Crippen LogP contribution in [-0.2, 0) is 34.5 Å². The molecule has 3 rings (SSSR count). The lowest BCUT2D eigenvalue weighted by molar-refractivity contribution is 0.107. The first-order chi connectivity index (χ1) is 13.4. The van der Waals surface area contributed by atoms with Gasteiger partial charge in [-0.25, -0.2) is 21.9 Å². The second kappa shape index (κ2) is 9.05. The SMILES string of the molecule is O=S(=O)(NCc1cccc(COCc2ccccc2)c1)c1cc(F)ccc1F. The van der Waals surface area contributed by atoms with Gasteiger partial charge >= 0.3 is 0 Å². The Morgan fingerprint density at radius 2 is 1.46 bits per heavy atom. The first-order valence-electron chi connectivity index (χ1n) is 8.58. The lowest BCUT2D eigenvalue weighted by Crippen LogP contribution is -2.24. The largest absolute Gasteiger partial charge is 0.372 e. The Morgan fingerprint density at radius 3 is 2.25 bits per heavy atom. The van der Waals surface area contributed by atoms with E-state index in [2.05, 4.69) is 4.72 Å². The molecule has 0 bridgehead atoms. The molecule has 0 unspecified atom stereocenters. The highest BCUT2D eigenvalue weighted by Crippen LogP contribution is 2.16. The summed E-state index contributed by atoms with van der Waals surface area (Å²) in [7, 11) is -4.17. The van der Waals surface area contributed by atoms with Crippen molar-refractivity contribution in [1.82, 2.24) is 4.72 Å². The molecule has 0 aliphatic heterocycles.